The van der Waals surface area contributed by atoms with Gasteiger partial charge in [-0.1, -0.05) is 29.5 Å². The fourth-order valence-corrected chi connectivity index (χ4v) is 3.23. The molecule has 0 N–H and O–H groups in total. The Morgan fingerprint density at radius 2 is 1.59 bits per heavy atom. The van der Waals surface area contributed by atoms with E-state index in [2.05, 4.69) is 50.5 Å². The summed E-state index contributed by atoms with van der Waals surface area (Å²) >= 11 is 0. The molecule has 2 heteroatoms. The second-order valence-electron chi connectivity index (χ2n) is 5.84. The molecule has 0 bridgehead atoms. The van der Waals surface area contributed by atoms with E-state index in [-0.39, 0.29) is 5.60 Å². The van der Waals surface area contributed by atoms with Gasteiger partial charge >= 0.3 is 0 Å². The van der Waals surface area contributed by atoms with Crippen LogP contribution in [0.25, 0.3) is 0 Å². The third-order valence-electron chi connectivity index (χ3n) is 2.12. The zero-order valence-electron chi connectivity index (χ0n) is 11.7. The van der Waals surface area contributed by atoms with Crippen LogP contribution in [-0.4, -0.2) is 13.9 Å². The van der Waals surface area contributed by atoms with Gasteiger partial charge in [0.25, 0.3) is 0 Å². The van der Waals surface area contributed by atoms with Crippen LogP contribution in [0.5, 0.6) is 0 Å². The topological polar surface area (TPSA) is 9.23 Å². The van der Waals surface area contributed by atoms with Crippen LogP contribution in [0.3, 0.4) is 0 Å². The molecule has 0 saturated heterocycles. The van der Waals surface area contributed by atoms with Crippen molar-refractivity contribution in [2.45, 2.75) is 46.0 Å². The maximum atomic E-state index is 6.04. The Labute approximate surface area is 106 Å². The minimum Gasteiger partial charge on any atom is -0.402 e. The van der Waals surface area contributed by atoms with Gasteiger partial charge in [0.15, 0.2) is 8.32 Å². The lowest BCUT2D eigenvalue weighted by Crippen LogP contribution is -2.37. The highest BCUT2D eigenvalue weighted by atomic mass is 28.4. The van der Waals surface area contributed by atoms with Crippen molar-refractivity contribution in [2.24, 2.45) is 0 Å². The number of hydrogen-bond donors (Lipinski definition) is 0. The molecular formula is C15H22OSi. The molecule has 0 aliphatic carbocycles. The molecule has 92 valence electrons. The largest absolute Gasteiger partial charge is 0.402 e. The Morgan fingerprint density at radius 1 is 1.06 bits per heavy atom. The van der Waals surface area contributed by atoms with Crippen molar-refractivity contribution in [1.29, 1.82) is 0 Å². The minimum atomic E-state index is -1.54. The average molecular weight is 246 g/mol. The van der Waals surface area contributed by atoms with Crippen LogP contribution in [0, 0.1) is 18.8 Å². The van der Waals surface area contributed by atoms with Crippen molar-refractivity contribution in [3.8, 4) is 11.8 Å². The van der Waals surface area contributed by atoms with Gasteiger partial charge in [-0.25, -0.2) is 0 Å². The van der Waals surface area contributed by atoms with Crippen molar-refractivity contribution in [1.82, 2.24) is 0 Å². The second kappa shape index (κ2) is 5.08. The summed E-state index contributed by atoms with van der Waals surface area (Å²) in [5, 5.41) is 0. The summed E-state index contributed by atoms with van der Waals surface area (Å²) < 4.78 is 6.04. The standard InChI is InChI=1S/C15H22OSi/c1-13-7-9-14(10-8-13)11-12-15(2,3)16-17(4,5)6/h7-10H,1-6H3. The number of hydrogen-bond acceptors (Lipinski definition) is 1. The third kappa shape index (κ3) is 5.72. The summed E-state index contributed by atoms with van der Waals surface area (Å²) in [7, 11) is -1.54. The molecule has 0 aliphatic rings. The zero-order valence-corrected chi connectivity index (χ0v) is 12.7. The van der Waals surface area contributed by atoms with E-state index in [0.717, 1.165) is 5.56 Å². The third-order valence-corrected chi connectivity index (χ3v) is 3.24. The van der Waals surface area contributed by atoms with E-state index < -0.39 is 8.32 Å². The van der Waals surface area contributed by atoms with Crippen molar-refractivity contribution in [3.05, 3.63) is 35.4 Å². The van der Waals surface area contributed by atoms with Crippen LogP contribution in [-0.2, 0) is 4.43 Å². The lowest BCUT2D eigenvalue weighted by Gasteiger charge is -2.28. The van der Waals surface area contributed by atoms with Gasteiger partial charge in [-0.3, -0.25) is 0 Å². The van der Waals surface area contributed by atoms with Crippen LogP contribution >= 0.6 is 0 Å². The Kier molecular flexibility index (Phi) is 4.19. The normalized spacial score (nSPS) is 11.9. The first-order valence-corrected chi connectivity index (χ1v) is 9.39. The molecule has 1 aromatic rings. The van der Waals surface area contributed by atoms with Crippen LogP contribution < -0.4 is 0 Å². The molecule has 17 heavy (non-hydrogen) atoms. The van der Waals surface area contributed by atoms with Gasteiger partial charge in [-0.15, -0.1) is 0 Å². The summed E-state index contributed by atoms with van der Waals surface area (Å²) in [6.45, 7) is 12.7. The minimum absolute atomic E-state index is 0.366. The summed E-state index contributed by atoms with van der Waals surface area (Å²) in [6, 6.07) is 8.26. The first-order chi connectivity index (χ1) is 7.68. The summed E-state index contributed by atoms with van der Waals surface area (Å²) in [5.41, 5.74) is 1.94. The van der Waals surface area contributed by atoms with Gasteiger partial charge in [0.05, 0.1) is 0 Å². The maximum absolute atomic E-state index is 6.04. The Hall–Kier alpha value is -1.04. The summed E-state index contributed by atoms with van der Waals surface area (Å²) in [5.74, 6) is 6.40. The van der Waals surface area contributed by atoms with E-state index in [1.165, 1.54) is 5.56 Å². The fraction of sp³-hybridized carbons (Fsp3) is 0.467. The van der Waals surface area contributed by atoms with Crippen LogP contribution in [0.4, 0.5) is 0 Å². The molecule has 0 fully saturated rings. The number of benzene rings is 1. The van der Waals surface area contributed by atoms with Crippen LogP contribution in [0.2, 0.25) is 19.6 Å². The van der Waals surface area contributed by atoms with E-state index in [4.69, 9.17) is 4.43 Å². The van der Waals surface area contributed by atoms with E-state index in [1.54, 1.807) is 0 Å². The van der Waals surface area contributed by atoms with Crippen LogP contribution in [0.15, 0.2) is 24.3 Å². The smallest absolute Gasteiger partial charge is 0.185 e. The van der Waals surface area contributed by atoms with E-state index >= 15 is 0 Å². The second-order valence-corrected chi connectivity index (χ2v) is 10.3. The molecule has 0 aliphatic heterocycles. The lowest BCUT2D eigenvalue weighted by molar-refractivity contribution is 0.164. The Balaban J connectivity index is 2.80. The summed E-state index contributed by atoms with van der Waals surface area (Å²) in [4.78, 5) is 0. The van der Waals surface area contributed by atoms with Gasteiger partial charge < -0.3 is 4.43 Å². The first-order valence-electron chi connectivity index (χ1n) is 5.98. The van der Waals surface area contributed by atoms with Gasteiger partial charge in [0.2, 0.25) is 0 Å². The van der Waals surface area contributed by atoms with Crippen molar-refractivity contribution in [2.75, 3.05) is 0 Å². The lowest BCUT2D eigenvalue weighted by atomic mass is 10.1. The Bertz CT molecular complexity index is 427. The molecule has 0 heterocycles. The van der Waals surface area contributed by atoms with Crippen LogP contribution in [0.1, 0.15) is 25.0 Å². The molecule has 1 rings (SSSR count). The van der Waals surface area contributed by atoms with Crippen molar-refractivity contribution >= 4 is 8.32 Å². The van der Waals surface area contributed by atoms with E-state index in [9.17, 15) is 0 Å². The number of rotatable bonds is 2. The number of aryl methyl sites for hydroxylation is 1. The molecule has 0 radical (unpaired) electrons. The predicted molar refractivity (Wildman–Crippen MR) is 76.6 cm³/mol. The van der Waals surface area contributed by atoms with Crippen molar-refractivity contribution < 1.29 is 4.43 Å². The Morgan fingerprint density at radius 3 is 2.06 bits per heavy atom. The molecule has 0 amide bonds. The molecule has 1 aromatic carbocycles. The van der Waals surface area contributed by atoms with Gasteiger partial charge in [0.1, 0.15) is 5.60 Å². The molecule has 0 spiro atoms. The van der Waals surface area contributed by atoms with Gasteiger partial charge in [-0.05, 0) is 52.5 Å². The highest BCUT2D eigenvalue weighted by Crippen LogP contribution is 2.16. The molecule has 1 nitrogen and oxygen atoms in total. The summed E-state index contributed by atoms with van der Waals surface area (Å²) in [6.07, 6.45) is 0. The van der Waals surface area contributed by atoms with Crippen molar-refractivity contribution in [3.63, 3.8) is 0 Å². The maximum Gasteiger partial charge on any atom is 0.185 e. The van der Waals surface area contributed by atoms with E-state index in [0.29, 0.717) is 0 Å². The highest BCUT2D eigenvalue weighted by molar-refractivity contribution is 6.69. The monoisotopic (exact) mass is 246 g/mol. The highest BCUT2D eigenvalue weighted by Gasteiger charge is 2.25. The zero-order chi connectivity index (χ0) is 13.1. The predicted octanol–water partition coefficient (Wildman–Crippen LogP) is 3.98. The van der Waals surface area contributed by atoms with Gasteiger partial charge in [-0.2, -0.15) is 0 Å². The van der Waals surface area contributed by atoms with E-state index in [1.807, 2.05) is 26.0 Å². The molecule has 0 saturated carbocycles. The fourth-order valence-electron chi connectivity index (χ4n) is 1.65. The molecule has 0 atom stereocenters. The quantitative estimate of drug-likeness (QED) is 0.566. The first kappa shape index (κ1) is 14.0. The SMILES string of the molecule is Cc1ccc(C#CC(C)(C)O[Si](C)(C)C)cc1. The average Bonchev–Trinajstić information content (AvgIpc) is 2.13. The molecule has 0 aromatic heterocycles. The van der Waals surface area contributed by atoms with Gasteiger partial charge in [0, 0.05) is 5.56 Å². The molecule has 0 unspecified atom stereocenters. The molecular weight excluding hydrogens is 224 g/mol.